The zero-order valence-corrected chi connectivity index (χ0v) is 15.5. The summed E-state index contributed by atoms with van der Waals surface area (Å²) >= 11 is 0. The van der Waals surface area contributed by atoms with E-state index < -0.39 is 5.66 Å². The number of hydrogen-bond donors (Lipinski definition) is 0. The molecule has 0 aliphatic carbocycles. The smallest absolute Gasteiger partial charge is 0.256 e. The first kappa shape index (κ1) is 17.1. The molecule has 1 unspecified atom stereocenters. The normalized spacial score (nSPS) is 21.5. The van der Waals surface area contributed by atoms with E-state index in [1.807, 2.05) is 53.4 Å². The second-order valence-corrected chi connectivity index (χ2v) is 7.44. The molecule has 3 aromatic rings. The largest absolute Gasteiger partial charge is 0.312 e. The minimum atomic E-state index is -0.623. The van der Waals surface area contributed by atoms with E-state index in [1.54, 1.807) is 0 Å². The van der Waals surface area contributed by atoms with E-state index in [-0.39, 0.29) is 11.7 Å². The van der Waals surface area contributed by atoms with Gasteiger partial charge in [-0.1, -0.05) is 60.7 Å². The van der Waals surface area contributed by atoms with Gasteiger partial charge in [0, 0.05) is 30.8 Å². The Hall–Kier alpha value is -2.98. The molecule has 1 fully saturated rings. The van der Waals surface area contributed by atoms with Crippen molar-refractivity contribution in [2.75, 3.05) is 13.1 Å². The van der Waals surface area contributed by atoms with Gasteiger partial charge in [0.2, 0.25) is 0 Å². The highest BCUT2D eigenvalue weighted by Gasteiger charge is 2.55. The molecule has 5 rings (SSSR count). The summed E-state index contributed by atoms with van der Waals surface area (Å²) in [5.41, 5.74) is 3.32. The molecule has 1 atom stereocenters. The van der Waals surface area contributed by atoms with Gasteiger partial charge in [0.05, 0.1) is 0 Å². The predicted molar refractivity (Wildman–Crippen MR) is 106 cm³/mol. The van der Waals surface area contributed by atoms with Gasteiger partial charge in [0.15, 0.2) is 0 Å². The highest BCUT2D eigenvalue weighted by molar-refractivity contribution is 6.00. The maximum atomic E-state index is 13.4. The van der Waals surface area contributed by atoms with Gasteiger partial charge in [0.25, 0.3) is 5.91 Å². The van der Waals surface area contributed by atoms with Crippen molar-refractivity contribution in [2.45, 2.75) is 18.6 Å². The zero-order chi connectivity index (χ0) is 19.1. The summed E-state index contributed by atoms with van der Waals surface area (Å²) in [5.74, 6) is -0.147. The summed E-state index contributed by atoms with van der Waals surface area (Å²) in [7, 11) is 0. The van der Waals surface area contributed by atoms with E-state index in [0.29, 0.717) is 6.54 Å². The lowest BCUT2D eigenvalue weighted by molar-refractivity contribution is -0.0433. The molecule has 2 aliphatic rings. The molecule has 2 aliphatic heterocycles. The molecule has 3 nitrogen and oxygen atoms in total. The molecule has 2 heterocycles. The number of amides is 1. The van der Waals surface area contributed by atoms with E-state index in [0.717, 1.165) is 41.8 Å². The van der Waals surface area contributed by atoms with Crippen LogP contribution in [0, 0.1) is 5.82 Å². The van der Waals surface area contributed by atoms with Crippen molar-refractivity contribution in [1.29, 1.82) is 0 Å². The average Bonchev–Trinajstić information content (AvgIpc) is 3.01. The summed E-state index contributed by atoms with van der Waals surface area (Å²) in [5, 5.41) is 0. The van der Waals surface area contributed by atoms with Crippen LogP contribution < -0.4 is 0 Å². The first-order valence-electron chi connectivity index (χ1n) is 9.68. The molecule has 0 spiro atoms. The van der Waals surface area contributed by atoms with Gasteiger partial charge in [-0.2, -0.15) is 0 Å². The molecule has 1 amide bonds. The Kier molecular flexibility index (Phi) is 4.02. The maximum absolute atomic E-state index is 13.4. The summed E-state index contributed by atoms with van der Waals surface area (Å²) in [4.78, 5) is 17.7. The first-order valence-corrected chi connectivity index (χ1v) is 9.68. The monoisotopic (exact) mass is 372 g/mol. The molecule has 0 radical (unpaired) electrons. The fraction of sp³-hybridized carbons (Fsp3) is 0.208. The minimum Gasteiger partial charge on any atom is -0.312 e. The van der Waals surface area contributed by atoms with Crippen molar-refractivity contribution in [3.8, 4) is 0 Å². The Morgan fingerprint density at radius 2 is 1.57 bits per heavy atom. The van der Waals surface area contributed by atoms with Crippen molar-refractivity contribution >= 4 is 5.91 Å². The van der Waals surface area contributed by atoms with Crippen LogP contribution in [0.3, 0.4) is 0 Å². The molecular weight excluding hydrogens is 351 g/mol. The van der Waals surface area contributed by atoms with Gasteiger partial charge in [-0.15, -0.1) is 0 Å². The van der Waals surface area contributed by atoms with Crippen molar-refractivity contribution in [1.82, 2.24) is 9.80 Å². The Bertz CT molecular complexity index is 1020. The Labute approximate surface area is 164 Å². The maximum Gasteiger partial charge on any atom is 0.256 e. The summed E-state index contributed by atoms with van der Waals surface area (Å²) < 4.78 is 13.4. The standard InChI is InChI=1S/C24H21FN2O/c25-20-13-11-18(12-14-20)17-26-15-6-16-27-23(28)21-9-4-5-10-22(21)24(26,27)19-7-2-1-3-8-19/h1-5,7-14H,6,15-17H2. The third kappa shape index (κ3) is 2.41. The third-order valence-electron chi connectivity index (χ3n) is 5.90. The molecule has 0 saturated carbocycles. The number of nitrogens with zero attached hydrogens (tertiary/aromatic N) is 2. The zero-order valence-electron chi connectivity index (χ0n) is 15.5. The fourth-order valence-corrected chi connectivity index (χ4v) is 4.77. The molecular formula is C24H21FN2O. The number of fused-ring (bicyclic) bond motifs is 3. The van der Waals surface area contributed by atoms with Crippen LogP contribution in [0.5, 0.6) is 0 Å². The van der Waals surface area contributed by atoms with Crippen LogP contribution >= 0.6 is 0 Å². The summed E-state index contributed by atoms with van der Waals surface area (Å²) in [6.07, 6.45) is 0.912. The van der Waals surface area contributed by atoms with Gasteiger partial charge in [-0.3, -0.25) is 9.69 Å². The SMILES string of the molecule is O=C1c2ccccc2C2(c3ccccc3)N(Cc3ccc(F)cc3)CCCN12. The van der Waals surface area contributed by atoms with E-state index in [9.17, 15) is 9.18 Å². The fourth-order valence-electron chi connectivity index (χ4n) is 4.77. The Morgan fingerprint density at radius 3 is 2.36 bits per heavy atom. The number of carbonyl (C=O) groups excluding carboxylic acids is 1. The Morgan fingerprint density at radius 1 is 0.857 bits per heavy atom. The van der Waals surface area contributed by atoms with Crippen molar-refractivity contribution in [2.24, 2.45) is 0 Å². The number of benzene rings is 3. The van der Waals surface area contributed by atoms with Crippen LogP contribution in [-0.2, 0) is 12.2 Å². The topological polar surface area (TPSA) is 23.6 Å². The number of carbonyl (C=O) groups is 1. The minimum absolute atomic E-state index is 0.0864. The molecule has 0 N–H and O–H groups in total. The molecule has 140 valence electrons. The van der Waals surface area contributed by atoms with Crippen LogP contribution in [0.15, 0.2) is 78.9 Å². The number of halogens is 1. The highest BCUT2D eigenvalue weighted by Crippen LogP contribution is 2.49. The Balaban J connectivity index is 1.70. The summed E-state index contributed by atoms with van der Waals surface area (Å²) in [6.45, 7) is 2.24. The number of rotatable bonds is 3. The second-order valence-electron chi connectivity index (χ2n) is 7.44. The molecule has 0 bridgehead atoms. The molecule has 3 aromatic carbocycles. The van der Waals surface area contributed by atoms with Crippen molar-refractivity contribution < 1.29 is 9.18 Å². The molecule has 1 saturated heterocycles. The van der Waals surface area contributed by atoms with Gasteiger partial charge < -0.3 is 4.90 Å². The van der Waals surface area contributed by atoms with Crippen LogP contribution in [0.2, 0.25) is 0 Å². The third-order valence-corrected chi connectivity index (χ3v) is 5.90. The molecule has 0 aromatic heterocycles. The predicted octanol–water partition coefficient (Wildman–Crippen LogP) is 4.39. The van der Waals surface area contributed by atoms with E-state index in [2.05, 4.69) is 23.1 Å². The van der Waals surface area contributed by atoms with E-state index in [4.69, 9.17) is 0 Å². The second kappa shape index (κ2) is 6.57. The summed E-state index contributed by atoms with van der Waals surface area (Å²) in [6, 6.07) is 24.8. The van der Waals surface area contributed by atoms with Crippen molar-refractivity contribution in [3.63, 3.8) is 0 Å². The van der Waals surface area contributed by atoms with E-state index >= 15 is 0 Å². The van der Waals surface area contributed by atoms with Gasteiger partial charge in [0.1, 0.15) is 11.5 Å². The quantitative estimate of drug-likeness (QED) is 0.681. The van der Waals surface area contributed by atoms with Crippen LogP contribution in [-0.4, -0.2) is 28.8 Å². The van der Waals surface area contributed by atoms with E-state index in [1.165, 1.54) is 12.1 Å². The van der Waals surface area contributed by atoms with Crippen molar-refractivity contribution in [3.05, 3.63) is 107 Å². The van der Waals surface area contributed by atoms with Gasteiger partial charge >= 0.3 is 0 Å². The lowest BCUT2D eigenvalue weighted by Gasteiger charge is -2.51. The van der Waals surface area contributed by atoms with Gasteiger partial charge in [-0.05, 0) is 35.7 Å². The first-order chi connectivity index (χ1) is 13.7. The molecule has 28 heavy (non-hydrogen) atoms. The van der Waals surface area contributed by atoms with Crippen LogP contribution in [0.1, 0.15) is 33.5 Å². The lowest BCUT2D eigenvalue weighted by atomic mass is 9.87. The number of hydrogen-bond acceptors (Lipinski definition) is 2. The molecule has 4 heteroatoms. The highest BCUT2D eigenvalue weighted by atomic mass is 19.1. The average molecular weight is 372 g/mol. The van der Waals surface area contributed by atoms with Crippen LogP contribution in [0.25, 0.3) is 0 Å². The lowest BCUT2D eigenvalue weighted by Crippen LogP contribution is -2.60. The van der Waals surface area contributed by atoms with Gasteiger partial charge in [-0.25, -0.2) is 4.39 Å². The van der Waals surface area contributed by atoms with Crippen LogP contribution in [0.4, 0.5) is 4.39 Å².